The standard InChI is InChI=1S/C11H12BrF3O/c1-7(2)16-6-8-5-9(11(13,14)15)3-4-10(8)12/h3-5,7H,6H2,1-2H3. The summed E-state index contributed by atoms with van der Waals surface area (Å²) in [7, 11) is 0. The van der Waals surface area contributed by atoms with E-state index in [0.717, 1.165) is 12.1 Å². The molecule has 0 aliphatic carbocycles. The molecule has 0 aliphatic rings. The largest absolute Gasteiger partial charge is 0.416 e. The van der Waals surface area contributed by atoms with E-state index in [4.69, 9.17) is 4.74 Å². The quantitative estimate of drug-likeness (QED) is 0.804. The molecular weight excluding hydrogens is 285 g/mol. The molecule has 0 radical (unpaired) electrons. The molecule has 0 aliphatic heterocycles. The van der Waals surface area contributed by atoms with Crippen LogP contribution in [0.4, 0.5) is 13.2 Å². The Morgan fingerprint density at radius 3 is 2.44 bits per heavy atom. The minimum Gasteiger partial charge on any atom is -0.374 e. The van der Waals surface area contributed by atoms with Crippen molar-refractivity contribution in [2.75, 3.05) is 0 Å². The van der Waals surface area contributed by atoms with Crippen molar-refractivity contribution < 1.29 is 17.9 Å². The molecule has 1 rings (SSSR count). The van der Waals surface area contributed by atoms with Crippen LogP contribution in [-0.2, 0) is 17.5 Å². The van der Waals surface area contributed by atoms with Gasteiger partial charge in [-0.3, -0.25) is 0 Å². The first-order chi connectivity index (χ1) is 7.30. The van der Waals surface area contributed by atoms with Crippen LogP contribution in [0.25, 0.3) is 0 Å². The van der Waals surface area contributed by atoms with Gasteiger partial charge in [0.2, 0.25) is 0 Å². The SMILES string of the molecule is CC(C)OCc1cc(C(F)(F)F)ccc1Br. The lowest BCUT2D eigenvalue weighted by Gasteiger charge is -2.12. The predicted molar refractivity (Wildman–Crippen MR) is 59.1 cm³/mol. The van der Waals surface area contributed by atoms with Crippen LogP contribution in [0.2, 0.25) is 0 Å². The van der Waals surface area contributed by atoms with E-state index >= 15 is 0 Å². The third-order valence-corrected chi connectivity index (χ3v) is 2.72. The van der Waals surface area contributed by atoms with Gasteiger partial charge in [0.25, 0.3) is 0 Å². The summed E-state index contributed by atoms with van der Waals surface area (Å²) >= 11 is 3.20. The Morgan fingerprint density at radius 1 is 1.31 bits per heavy atom. The van der Waals surface area contributed by atoms with Crippen LogP contribution >= 0.6 is 15.9 Å². The maximum atomic E-state index is 12.4. The first kappa shape index (κ1) is 13.5. The summed E-state index contributed by atoms with van der Waals surface area (Å²) in [4.78, 5) is 0. The molecule has 0 N–H and O–H groups in total. The topological polar surface area (TPSA) is 9.23 Å². The van der Waals surface area contributed by atoms with E-state index in [1.54, 1.807) is 0 Å². The molecule has 1 aromatic carbocycles. The van der Waals surface area contributed by atoms with Gasteiger partial charge in [-0.2, -0.15) is 13.2 Å². The smallest absolute Gasteiger partial charge is 0.374 e. The number of hydrogen-bond acceptors (Lipinski definition) is 1. The second-order valence-electron chi connectivity index (χ2n) is 3.66. The van der Waals surface area contributed by atoms with Crippen LogP contribution in [-0.4, -0.2) is 6.10 Å². The molecule has 0 fully saturated rings. The number of alkyl halides is 3. The first-order valence-electron chi connectivity index (χ1n) is 4.78. The molecule has 0 bridgehead atoms. The highest BCUT2D eigenvalue weighted by molar-refractivity contribution is 9.10. The third-order valence-electron chi connectivity index (χ3n) is 1.95. The third kappa shape index (κ3) is 3.79. The fourth-order valence-electron chi connectivity index (χ4n) is 1.12. The Balaban J connectivity index is 2.91. The van der Waals surface area contributed by atoms with E-state index in [1.807, 2.05) is 13.8 Å². The van der Waals surface area contributed by atoms with Crippen molar-refractivity contribution in [2.45, 2.75) is 32.7 Å². The molecule has 0 unspecified atom stereocenters. The molecule has 90 valence electrons. The fraction of sp³-hybridized carbons (Fsp3) is 0.455. The summed E-state index contributed by atoms with van der Waals surface area (Å²) in [6.45, 7) is 3.84. The van der Waals surface area contributed by atoms with Gasteiger partial charge >= 0.3 is 6.18 Å². The minimum absolute atomic E-state index is 0.0126. The van der Waals surface area contributed by atoms with Crippen molar-refractivity contribution in [2.24, 2.45) is 0 Å². The molecule has 1 aromatic rings. The normalized spacial score (nSPS) is 12.2. The van der Waals surface area contributed by atoms with E-state index in [-0.39, 0.29) is 12.7 Å². The molecule has 0 atom stereocenters. The van der Waals surface area contributed by atoms with Crippen molar-refractivity contribution in [1.82, 2.24) is 0 Å². The Kier molecular flexibility index (Phi) is 4.38. The number of benzene rings is 1. The lowest BCUT2D eigenvalue weighted by molar-refractivity contribution is -0.137. The maximum Gasteiger partial charge on any atom is 0.416 e. The molecule has 0 spiro atoms. The summed E-state index contributed by atoms with van der Waals surface area (Å²) in [6, 6.07) is 3.54. The van der Waals surface area contributed by atoms with Crippen molar-refractivity contribution in [3.8, 4) is 0 Å². The molecule has 0 saturated carbocycles. The zero-order valence-electron chi connectivity index (χ0n) is 8.94. The summed E-state index contributed by atoms with van der Waals surface area (Å²) in [5.41, 5.74) is -0.151. The Bertz CT molecular complexity index is 361. The molecular formula is C11H12BrF3O. The second-order valence-corrected chi connectivity index (χ2v) is 4.52. The molecule has 1 nitrogen and oxygen atoms in total. The summed E-state index contributed by atoms with van der Waals surface area (Å²) < 4.78 is 43.2. The number of rotatable bonds is 3. The summed E-state index contributed by atoms with van der Waals surface area (Å²) in [6.07, 6.45) is -4.32. The maximum absolute atomic E-state index is 12.4. The number of ether oxygens (including phenoxy) is 1. The van der Waals surface area contributed by atoms with Gasteiger partial charge in [0.1, 0.15) is 0 Å². The molecule has 0 amide bonds. The Morgan fingerprint density at radius 2 is 1.94 bits per heavy atom. The molecule has 0 saturated heterocycles. The van der Waals surface area contributed by atoms with Gasteiger partial charge < -0.3 is 4.74 Å². The van der Waals surface area contributed by atoms with E-state index < -0.39 is 11.7 Å². The zero-order valence-corrected chi connectivity index (χ0v) is 10.5. The van der Waals surface area contributed by atoms with Gasteiger partial charge in [-0.1, -0.05) is 15.9 Å². The van der Waals surface area contributed by atoms with Crippen LogP contribution < -0.4 is 0 Å². The zero-order chi connectivity index (χ0) is 12.3. The van der Waals surface area contributed by atoms with Crippen LogP contribution in [0, 0.1) is 0 Å². The van der Waals surface area contributed by atoms with Crippen LogP contribution in [0.1, 0.15) is 25.0 Å². The summed E-state index contributed by atoms with van der Waals surface area (Å²) in [5, 5.41) is 0. The lowest BCUT2D eigenvalue weighted by Crippen LogP contribution is -2.07. The lowest BCUT2D eigenvalue weighted by atomic mass is 10.1. The average Bonchev–Trinajstić information content (AvgIpc) is 2.14. The van der Waals surface area contributed by atoms with E-state index in [0.29, 0.717) is 10.0 Å². The van der Waals surface area contributed by atoms with E-state index in [1.165, 1.54) is 6.07 Å². The Hall–Kier alpha value is -0.550. The highest BCUT2D eigenvalue weighted by Crippen LogP contribution is 2.32. The monoisotopic (exact) mass is 296 g/mol. The van der Waals surface area contributed by atoms with E-state index in [9.17, 15) is 13.2 Å². The van der Waals surface area contributed by atoms with Crippen molar-refractivity contribution in [1.29, 1.82) is 0 Å². The van der Waals surface area contributed by atoms with Gasteiger partial charge in [-0.25, -0.2) is 0 Å². The Labute approximate surface area is 101 Å². The van der Waals surface area contributed by atoms with Crippen LogP contribution in [0.15, 0.2) is 22.7 Å². The van der Waals surface area contributed by atoms with Gasteiger partial charge in [0.15, 0.2) is 0 Å². The molecule has 0 aromatic heterocycles. The van der Waals surface area contributed by atoms with Crippen molar-refractivity contribution in [3.63, 3.8) is 0 Å². The van der Waals surface area contributed by atoms with Gasteiger partial charge in [-0.05, 0) is 37.6 Å². The van der Waals surface area contributed by atoms with E-state index in [2.05, 4.69) is 15.9 Å². The van der Waals surface area contributed by atoms with Crippen LogP contribution in [0.5, 0.6) is 0 Å². The van der Waals surface area contributed by atoms with Crippen LogP contribution in [0.3, 0.4) is 0 Å². The first-order valence-corrected chi connectivity index (χ1v) is 5.57. The van der Waals surface area contributed by atoms with Gasteiger partial charge in [0.05, 0.1) is 18.3 Å². The van der Waals surface area contributed by atoms with Crippen molar-refractivity contribution in [3.05, 3.63) is 33.8 Å². The van der Waals surface area contributed by atoms with Gasteiger partial charge in [0, 0.05) is 4.47 Å². The highest BCUT2D eigenvalue weighted by atomic mass is 79.9. The minimum atomic E-state index is -4.31. The molecule has 0 heterocycles. The van der Waals surface area contributed by atoms with Gasteiger partial charge in [-0.15, -0.1) is 0 Å². The molecule has 5 heteroatoms. The average molecular weight is 297 g/mol. The second kappa shape index (κ2) is 5.19. The van der Waals surface area contributed by atoms with Crippen molar-refractivity contribution >= 4 is 15.9 Å². The fourth-order valence-corrected chi connectivity index (χ4v) is 1.48. The number of hydrogen-bond donors (Lipinski definition) is 0. The highest BCUT2D eigenvalue weighted by Gasteiger charge is 2.30. The summed E-state index contributed by atoms with van der Waals surface area (Å²) in [5.74, 6) is 0. The predicted octanol–water partition coefficient (Wildman–Crippen LogP) is 4.39. The number of halogens is 4. The molecule has 16 heavy (non-hydrogen) atoms.